The number of nitrogens with one attached hydrogen (secondary N) is 4. The van der Waals surface area contributed by atoms with Crippen molar-refractivity contribution in [1.29, 1.82) is 0 Å². The van der Waals surface area contributed by atoms with Crippen molar-refractivity contribution in [2.24, 2.45) is 11.0 Å². The molecule has 2 aromatic rings. The van der Waals surface area contributed by atoms with Crippen LogP contribution in [0.1, 0.15) is 29.1 Å². The van der Waals surface area contributed by atoms with E-state index in [1.165, 1.54) is 12.3 Å². The lowest BCUT2D eigenvalue weighted by atomic mass is 9.96. The van der Waals surface area contributed by atoms with Crippen molar-refractivity contribution in [3.05, 3.63) is 60.1 Å². The first-order valence-electron chi connectivity index (χ1n) is 8.93. The minimum atomic E-state index is -0.447. The normalized spacial score (nSPS) is 18.4. The predicted molar refractivity (Wildman–Crippen MR) is 104 cm³/mol. The van der Waals surface area contributed by atoms with Gasteiger partial charge in [0.15, 0.2) is 5.76 Å². The SMILES string of the molecule is CCO.O=C(CNC(=O)c1ccco1)N/N=C/C1CNNC1c1ccccc1. The van der Waals surface area contributed by atoms with E-state index in [2.05, 4.69) is 26.7 Å². The standard InChI is InChI=1S/C17H19N5O3.C2H6O/c23-15(11-18-17(24)14-7-4-8-25-14)21-19-9-13-10-20-22-16(13)12-5-2-1-3-6-12;1-2-3/h1-9,13,16,20,22H,10-11H2,(H,18,24)(H,21,23);3H,2H2,1H3/b19-9+;. The molecule has 0 saturated carbocycles. The highest BCUT2D eigenvalue weighted by atomic mass is 16.3. The van der Waals surface area contributed by atoms with Crippen LogP contribution in [-0.4, -0.2) is 42.8 Å². The number of benzene rings is 1. The summed E-state index contributed by atoms with van der Waals surface area (Å²) in [5.41, 5.74) is 9.84. The van der Waals surface area contributed by atoms with E-state index in [0.717, 1.165) is 5.56 Å². The van der Waals surface area contributed by atoms with Crippen molar-refractivity contribution in [2.75, 3.05) is 19.7 Å². The molecule has 150 valence electrons. The molecule has 2 amide bonds. The number of carbonyl (C=O) groups excluding carboxylic acids is 2. The summed E-state index contributed by atoms with van der Waals surface area (Å²) >= 11 is 0. The van der Waals surface area contributed by atoms with Gasteiger partial charge in [0, 0.05) is 25.3 Å². The first kappa shape index (κ1) is 21.3. The van der Waals surface area contributed by atoms with Crippen LogP contribution < -0.4 is 21.6 Å². The minimum absolute atomic E-state index is 0.0838. The molecule has 9 heteroatoms. The summed E-state index contributed by atoms with van der Waals surface area (Å²) in [4.78, 5) is 23.4. The van der Waals surface area contributed by atoms with Gasteiger partial charge in [-0.15, -0.1) is 0 Å². The molecular formula is C19H25N5O4. The van der Waals surface area contributed by atoms with Crippen molar-refractivity contribution >= 4 is 18.0 Å². The van der Waals surface area contributed by atoms with Crippen molar-refractivity contribution in [3.63, 3.8) is 0 Å². The molecule has 2 heterocycles. The summed E-state index contributed by atoms with van der Waals surface area (Å²) in [7, 11) is 0. The first-order chi connectivity index (χ1) is 13.7. The quantitative estimate of drug-likeness (QED) is 0.364. The highest BCUT2D eigenvalue weighted by Crippen LogP contribution is 2.22. The minimum Gasteiger partial charge on any atom is -0.459 e. The van der Waals surface area contributed by atoms with Crippen LogP contribution in [0.25, 0.3) is 0 Å². The van der Waals surface area contributed by atoms with E-state index in [-0.39, 0.29) is 30.9 Å². The van der Waals surface area contributed by atoms with Gasteiger partial charge in [0.2, 0.25) is 0 Å². The van der Waals surface area contributed by atoms with E-state index in [0.29, 0.717) is 6.54 Å². The molecule has 1 aliphatic heterocycles. The fourth-order valence-corrected chi connectivity index (χ4v) is 2.54. The molecule has 0 radical (unpaired) electrons. The number of hydrogen-bond acceptors (Lipinski definition) is 7. The third kappa shape index (κ3) is 6.62. The van der Waals surface area contributed by atoms with Crippen LogP contribution in [0.15, 0.2) is 58.2 Å². The zero-order chi connectivity index (χ0) is 20.2. The third-order valence-electron chi connectivity index (χ3n) is 3.79. The molecule has 0 aliphatic carbocycles. The second-order valence-corrected chi connectivity index (χ2v) is 5.87. The lowest BCUT2D eigenvalue weighted by molar-refractivity contribution is -0.120. The molecule has 9 nitrogen and oxygen atoms in total. The molecular weight excluding hydrogens is 362 g/mol. The van der Waals surface area contributed by atoms with Gasteiger partial charge in [-0.2, -0.15) is 5.10 Å². The second kappa shape index (κ2) is 11.7. The van der Waals surface area contributed by atoms with Gasteiger partial charge in [-0.3, -0.25) is 15.0 Å². The Balaban J connectivity index is 0.000000878. The third-order valence-corrected chi connectivity index (χ3v) is 3.79. The monoisotopic (exact) mass is 387 g/mol. The van der Waals surface area contributed by atoms with Gasteiger partial charge in [0.25, 0.3) is 11.8 Å². The molecule has 1 aliphatic rings. The number of rotatable bonds is 6. The van der Waals surface area contributed by atoms with Crippen molar-refractivity contribution in [2.45, 2.75) is 13.0 Å². The number of carbonyl (C=O) groups is 2. The molecule has 0 spiro atoms. The van der Waals surface area contributed by atoms with Crippen LogP contribution in [0.5, 0.6) is 0 Å². The molecule has 2 unspecified atom stereocenters. The average molecular weight is 387 g/mol. The zero-order valence-electron chi connectivity index (χ0n) is 15.6. The maximum Gasteiger partial charge on any atom is 0.287 e. The van der Waals surface area contributed by atoms with Crippen molar-refractivity contribution < 1.29 is 19.1 Å². The molecule has 1 aromatic carbocycles. The number of aliphatic hydroxyl groups is 1. The van der Waals surface area contributed by atoms with Gasteiger partial charge in [0.1, 0.15) is 0 Å². The van der Waals surface area contributed by atoms with Gasteiger partial charge in [-0.05, 0) is 24.6 Å². The summed E-state index contributed by atoms with van der Waals surface area (Å²) in [6.45, 7) is 2.45. The molecule has 1 fully saturated rings. The smallest absolute Gasteiger partial charge is 0.287 e. The number of hydrogen-bond donors (Lipinski definition) is 5. The predicted octanol–water partition coefficient (Wildman–Crippen LogP) is 0.575. The van der Waals surface area contributed by atoms with Crippen LogP contribution >= 0.6 is 0 Å². The summed E-state index contributed by atoms with van der Waals surface area (Å²) in [5.74, 6) is -0.602. The molecule has 1 aromatic heterocycles. The second-order valence-electron chi connectivity index (χ2n) is 5.87. The van der Waals surface area contributed by atoms with E-state index >= 15 is 0 Å². The lowest BCUT2D eigenvalue weighted by Crippen LogP contribution is -2.35. The maximum absolute atomic E-state index is 11.7. The average Bonchev–Trinajstić information content (AvgIpc) is 3.39. The van der Waals surface area contributed by atoms with E-state index in [1.807, 2.05) is 30.3 Å². The Morgan fingerprint density at radius 3 is 2.71 bits per heavy atom. The fourth-order valence-electron chi connectivity index (χ4n) is 2.54. The van der Waals surface area contributed by atoms with Gasteiger partial charge in [-0.1, -0.05) is 30.3 Å². The van der Waals surface area contributed by atoms with Crippen molar-refractivity contribution in [3.8, 4) is 0 Å². The number of nitrogens with zero attached hydrogens (tertiary/aromatic N) is 1. The van der Waals surface area contributed by atoms with Crippen LogP contribution in [0.2, 0.25) is 0 Å². The molecule has 1 saturated heterocycles. The summed E-state index contributed by atoms with van der Waals surface area (Å²) < 4.78 is 4.94. The Kier molecular flexibility index (Phi) is 8.86. The highest BCUT2D eigenvalue weighted by molar-refractivity contribution is 5.94. The molecule has 0 bridgehead atoms. The van der Waals surface area contributed by atoms with Crippen LogP contribution in [0.4, 0.5) is 0 Å². The number of furan rings is 1. The van der Waals surface area contributed by atoms with Crippen LogP contribution in [0.3, 0.4) is 0 Å². The lowest BCUT2D eigenvalue weighted by Gasteiger charge is -2.14. The van der Waals surface area contributed by atoms with E-state index in [9.17, 15) is 9.59 Å². The van der Waals surface area contributed by atoms with E-state index < -0.39 is 11.8 Å². The Morgan fingerprint density at radius 1 is 1.29 bits per heavy atom. The number of hydrazone groups is 1. The Morgan fingerprint density at radius 2 is 2.04 bits per heavy atom. The molecule has 28 heavy (non-hydrogen) atoms. The zero-order valence-corrected chi connectivity index (χ0v) is 15.6. The molecule has 2 atom stereocenters. The fraction of sp³-hybridized carbons (Fsp3) is 0.316. The highest BCUT2D eigenvalue weighted by Gasteiger charge is 2.26. The van der Waals surface area contributed by atoms with Crippen LogP contribution in [-0.2, 0) is 4.79 Å². The summed E-state index contributed by atoms with van der Waals surface area (Å²) in [6, 6.07) is 13.2. The number of aliphatic hydroxyl groups excluding tert-OH is 1. The summed E-state index contributed by atoms with van der Waals surface area (Å²) in [6.07, 6.45) is 3.09. The first-order valence-corrected chi connectivity index (χ1v) is 8.93. The van der Waals surface area contributed by atoms with Crippen molar-refractivity contribution in [1.82, 2.24) is 21.6 Å². The number of hydrazine groups is 1. The Hall–Kier alpha value is -3.01. The largest absolute Gasteiger partial charge is 0.459 e. The Labute approximate surface area is 163 Å². The topological polar surface area (TPSA) is 128 Å². The van der Waals surface area contributed by atoms with Gasteiger partial charge >= 0.3 is 0 Å². The van der Waals surface area contributed by atoms with Gasteiger partial charge < -0.3 is 14.8 Å². The number of amides is 2. The van der Waals surface area contributed by atoms with Crippen LogP contribution in [0, 0.1) is 5.92 Å². The van der Waals surface area contributed by atoms with Gasteiger partial charge in [0.05, 0.1) is 18.8 Å². The molecule has 3 rings (SSSR count). The molecule has 5 N–H and O–H groups in total. The maximum atomic E-state index is 11.7. The van der Waals surface area contributed by atoms with E-state index in [4.69, 9.17) is 9.52 Å². The van der Waals surface area contributed by atoms with E-state index in [1.54, 1.807) is 19.2 Å². The summed E-state index contributed by atoms with van der Waals surface area (Å²) in [5, 5.41) is 14.0. The Bertz CT molecular complexity index is 749. The van der Waals surface area contributed by atoms with Gasteiger partial charge in [-0.25, -0.2) is 10.9 Å².